The van der Waals surface area contributed by atoms with E-state index in [1.807, 2.05) is 6.20 Å². The number of hydrogen-bond acceptors (Lipinski definition) is 4. The molecule has 1 atom stereocenters. The Bertz CT molecular complexity index is 744. The van der Waals surface area contributed by atoms with Gasteiger partial charge in [0.25, 0.3) is 5.91 Å². The highest BCUT2D eigenvalue weighted by Crippen LogP contribution is 2.39. The molecule has 114 valence electrons. The summed E-state index contributed by atoms with van der Waals surface area (Å²) in [6, 6.07) is 3.35. The third-order valence-corrected chi connectivity index (χ3v) is 4.24. The number of amides is 1. The Morgan fingerprint density at radius 1 is 1.41 bits per heavy atom. The smallest absolute Gasteiger partial charge is 0.251 e. The first kappa shape index (κ1) is 13.5. The van der Waals surface area contributed by atoms with Crippen molar-refractivity contribution in [1.29, 1.82) is 0 Å². The molecule has 0 fully saturated rings. The van der Waals surface area contributed by atoms with E-state index < -0.39 is 0 Å². The maximum Gasteiger partial charge on any atom is 0.251 e. The van der Waals surface area contributed by atoms with Crippen LogP contribution in [0.25, 0.3) is 0 Å². The third-order valence-electron chi connectivity index (χ3n) is 3.96. The first-order valence-corrected chi connectivity index (χ1v) is 7.48. The molecule has 0 aliphatic carbocycles. The van der Waals surface area contributed by atoms with Gasteiger partial charge in [-0.05, 0) is 18.6 Å². The van der Waals surface area contributed by atoms with Crippen LogP contribution in [0.3, 0.4) is 0 Å². The lowest BCUT2D eigenvalue weighted by molar-refractivity contribution is 0.0927. The van der Waals surface area contributed by atoms with E-state index in [0.29, 0.717) is 22.1 Å². The normalized spacial score (nSPS) is 18.9. The largest absolute Gasteiger partial charge is 0.454 e. The molecule has 1 aromatic carbocycles. The monoisotopic (exact) mass is 319 g/mol. The van der Waals surface area contributed by atoms with Crippen LogP contribution in [0, 0.1) is 0 Å². The molecule has 2 aliphatic heterocycles. The molecule has 0 spiro atoms. The van der Waals surface area contributed by atoms with Crippen molar-refractivity contribution in [3.8, 4) is 11.5 Å². The van der Waals surface area contributed by atoms with Gasteiger partial charge in [0.2, 0.25) is 6.79 Å². The molecule has 6 nitrogen and oxygen atoms in total. The van der Waals surface area contributed by atoms with E-state index in [9.17, 15) is 4.79 Å². The molecule has 0 radical (unpaired) electrons. The van der Waals surface area contributed by atoms with Crippen molar-refractivity contribution in [3.63, 3.8) is 0 Å². The summed E-state index contributed by atoms with van der Waals surface area (Å²) in [4.78, 5) is 16.7. The van der Waals surface area contributed by atoms with Crippen molar-refractivity contribution >= 4 is 17.5 Å². The van der Waals surface area contributed by atoms with Crippen LogP contribution in [0.4, 0.5) is 0 Å². The van der Waals surface area contributed by atoms with Crippen LogP contribution in [-0.2, 0) is 13.0 Å². The lowest BCUT2D eigenvalue weighted by Gasteiger charge is -2.24. The molecule has 1 aromatic heterocycles. The van der Waals surface area contributed by atoms with Gasteiger partial charge in [-0.1, -0.05) is 11.6 Å². The quantitative estimate of drug-likeness (QED) is 0.919. The van der Waals surface area contributed by atoms with Crippen LogP contribution < -0.4 is 14.8 Å². The number of rotatable bonds is 2. The zero-order valence-electron chi connectivity index (χ0n) is 11.7. The molecule has 2 aliphatic rings. The summed E-state index contributed by atoms with van der Waals surface area (Å²) >= 11 is 6.12. The van der Waals surface area contributed by atoms with Crippen LogP contribution in [0.2, 0.25) is 5.02 Å². The zero-order chi connectivity index (χ0) is 15.1. The molecule has 4 rings (SSSR count). The Kier molecular flexibility index (Phi) is 3.18. The second-order valence-corrected chi connectivity index (χ2v) is 5.80. The number of carbonyl (C=O) groups excluding carboxylic acids is 1. The maximum absolute atomic E-state index is 12.4. The van der Waals surface area contributed by atoms with Crippen molar-refractivity contribution in [2.75, 3.05) is 6.79 Å². The minimum Gasteiger partial charge on any atom is -0.454 e. The van der Waals surface area contributed by atoms with E-state index in [1.165, 1.54) is 0 Å². The Labute approximate surface area is 132 Å². The van der Waals surface area contributed by atoms with Gasteiger partial charge in [0, 0.05) is 37.0 Å². The van der Waals surface area contributed by atoms with Gasteiger partial charge in [-0.3, -0.25) is 4.79 Å². The number of imidazole rings is 1. The lowest BCUT2D eigenvalue weighted by Crippen LogP contribution is -2.40. The molecule has 1 amide bonds. The van der Waals surface area contributed by atoms with Crippen LogP contribution in [0.1, 0.15) is 22.6 Å². The minimum absolute atomic E-state index is 0.0819. The van der Waals surface area contributed by atoms with E-state index in [-0.39, 0.29) is 18.7 Å². The van der Waals surface area contributed by atoms with Crippen molar-refractivity contribution in [3.05, 3.63) is 40.9 Å². The predicted molar refractivity (Wildman–Crippen MR) is 79.4 cm³/mol. The molecule has 3 heterocycles. The van der Waals surface area contributed by atoms with Gasteiger partial charge in [0.15, 0.2) is 11.5 Å². The van der Waals surface area contributed by atoms with Crippen LogP contribution in [0.5, 0.6) is 11.5 Å². The fourth-order valence-electron chi connectivity index (χ4n) is 2.85. The SMILES string of the molecule is O=C(N[C@H]1CCc2nccn2C1)c1cc(Cl)c2c(c1)OCO2. The Balaban J connectivity index is 1.50. The number of aryl methyl sites for hydroxylation is 1. The van der Waals surface area contributed by atoms with Crippen molar-refractivity contribution in [2.24, 2.45) is 0 Å². The number of benzene rings is 1. The molecule has 0 unspecified atom stereocenters. The van der Waals surface area contributed by atoms with E-state index in [2.05, 4.69) is 14.9 Å². The number of aromatic nitrogens is 2. The van der Waals surface area contributed by atoms with Crippen molar-refractivity contribution in [2.45, 2.75) is 25.4 Å². The zero-order valence-corrected chi connectivity index (χ0v) is 12.5. The molecule has 0 saturated carbocycles. The summed E-state index contributed by atoms with van der Waals surface area (Å²) in [5.41, 5.74) is 0.477. The van der Waals surface area contributed by atoms with E-state index >= 15 is 0 Å². The molecule has 22 heavy (non-hydrogen) atoms. The van der Waals surface area contributed by atoms with Gasteiger partial charge < -0.3 is 19.4 Å². The van der Waals surface area contributed by atoms with Crippen molar-refractivity contribution in [1.82, 2.24) is 14.9 Å². The number of hydrogen-bond donors (Lipinski definition) is 1. The molecule has 7 heteroatoms. The first-order valence-electron chi connectivity index (χ1n) is 7.11. The van der Waals surface area contributed by atoms with Gasteiger partial charge in [-0.25, -0.2) is 4.98 Å². The lowest BCUT2D eigenvalue weighted by atomic mass is 10.1. The average Bonchev–Trinajstić information content (AvgIpc) is 3.15. The first-order chi connectivity index (χ1) is 10.7. The number of halogens is 1. The van der Waals surface area contributed by atoms with Gasteiger partial charge in [0.1, 0.15) is 5.82 Å². The van der Waals surface area contributed by atoms with Gasteiger partial charge in [-0.2, -0.15) is 0 Å². The number of ether oxygens (including phenoxy) is 2. The fraction of sp³-hybridized carbons (Fsp3) is 0.333. The van der Waals surface area contributed by atoms with Gasteiger partial charge in [0.05, 0.1) is 5.02 Å². The summed E-state index contributed by atoms with van der Waals surface area (Å²) in [5, 5.41) is 3.43. The highest BCUT2D eigenvalue weighted by Gasteiger charge is 2.24. The third kappa shape index (κ3) is 2.29. The number of nitrogens with one attached hydrogen (secondary N) is 1. The number of nitrogens with zero attached hydrogens (tertiary/aromatic N) is 2. The molecule has 0 bridgehead atoms. The van der Waals surface area contributed by atoms with Crippen LogP contribution >= 0.6 is 11.6 Å². The maximum atomic E-state index is 12.4. The molecular formula is C15H14ClN3O3. The van der Waals surface area contributed by atoms with Crippen molar-refractivity contribution < 1.29 is 14.3 Å². The second-order valence-electron chi connectivity index (χ2n) is 5.40. The van der Waals surface area contributed by atoms with Crippen LogP contribution in [-0.4, -0.2) is 28.3 Å². The summed E-state index contributed by atoms with van der Waals surface area (Å²) < 4.78 is 12.6. The van der Waals surface area contributed by atoms with Crippen LogP contribution in [0.15, 0.2) is 24.5 Å². The number of fused-ring (bicyclic) bond motifs is 2. The second kappa shape index (κ2) is 5.21. The van der Waals surface area contributed by atoms with E-state index in [4.69, 9.17) is 21.1 Å². The summed E-state index contributed by atoms with van der Waals surface area (Å²) in [6.07, 6.45) is 5.46. The summed E-state index contributed by atoms with van der Waals surface area (Å²) in [6.45, 7) is 0.867. The standard InChI is InChI=1S/C15H14ClN3O3/c16-11-5-9(6-12-14(11)22-8-21-12)15(20)18-10-1-2-13-17-3-4-19(13)7-10/h3-6,10H,1-2,7-8H2,(H,18,20)/t10-/m0/s1. The summed E-state index contributed by atoms with van der Waals surface area (Å²) in [7, 11) is 0. The van der Waals surface area contributed by atoms with E-state index in [0.717, 1.165) is 25.2 Å². The Hall–Kier alpha value is -2.21. The summed E-state index contributed by atoms with van der Waals surface area (Å²) in [5.74, 6) is 1.92. The fourth-order valence-corrected chi connectivity index (χ4v) is 3.12. The number of carbonyl (C=O) groups is 1. The Morgan fingerprint density at radius 3 is 3.23 bits per heavy atom. The molecule has 1 N–H and O–H groups in total. The molecule has 0 saturated heterocycles. The molecule has 2 aromatic rings. The van der Waals surface area contributed by atoms with E-state index in [1.54, 1.807) is 18.3 Å². The topological polar surface area (TPSA) is 65.4 Å². The molecular weight excluding hydrogens is 306 g/mol. The highest BCUT2D eigenvalue weighted by atomic mass is 35.5. The Morgan fingerprint density at radius 2 is 2.32 bits per heavy atom. The van der Waals surface area contributed by atoms with Gasteiger partial charge in [-0.15, -0.1) is 0 Å². The average molecular weight is 320 g/mol. The minimum atomic E-state index is -0.159. The highest BCUT2D eigenvalue weighted by molar-refractivity contribution is 6.32. The van der Waals surface area contributed by atoms with Gasteiger partial charge >= 0.3 is 0 Å². The predicted octanol–water partition coefficient (Wildman–Crippen LogP) is 2.01.